The van der Waals surface area contributed by atoms with Crippen LogP contribution in [0.15, 0.2) is 0 Å². The average Bonchev–Trinajstić information content (AvgIpc) is 2.32. The molecule has 4 rings (SSSR count). The normalized spacial score (nSPS) is 44.3. The molecule has 4 aliphatic rings. The minimum absolute atomic E-state index is 0.0593. The van der Waals surface area contributed by atoms with Gasteiger partial charge in [-0.25, -0.2) is 0 Å². The van der Waals surface area contributed by atoms with Crippen LogP contribution in [-0.2, 0) is 33.3 Å². The SMILES string of the molecule is CC(=O)O[C@@H]1O[C@H]2C[C@]3(C)C(=O)CC[C@](OC(C)=O)(O2)C13. The van der Waals surface area contributed by atoms with Gasteiger partial charge in [-0.2, -0.15) is 0 Å². The van der Waals surface area contributed by atoms with Crippen molar-refractivity contribution in [2.45, 2.75) is 58.4 Å². The summed E-state index contributed by atoms with van der Waals surface area (Å²) in [5.74, 6) is -2.86. The van der Waals surface area contributed by atoms with Crippen molar-refractivity contribution >= 4 is 17.7 Å². The maximum absolute atomic E-state index is 12.4. The van der Waals surface area contributed by atoms with E-state index < -0.39 is 41.6 Å². The molecule has 3 saturated heterocycles. The van der Waals surface area contributed by atoms with Crippen molar-refractivity contribution in [2.75, 3.05) is 0 Å². The maximum Gasteiger partial charge on any atom is 0.305 e. The number of hydrogen-bond donors (Lipinski definition) is 0. The molecule has 3 aliphatic heterocycles. The molecular formula is C14H18O7. The number of fused-ring (bicyclic) bond motifs is 1. The summed E-state index contributed by atoms with van der Waals surface area (Å²) >= 11 is 0. The third kappa shape index (κ3) is 2.06. The van der Waals surface area contributed by atoms with E-state index in [4.69, 9.17) is 18.9 Å². The molecule has 0 aromatic heterocycles. The summed E-state index contributed by atoms with van der Waals surface area (Å²) < 4.78 is 21.9. The van der Waals surface area contributed by atoms with Crippen LogP contribution in [0.1, 0.15) is 40.0 Å². The molecule has 1 saturated carbocycles. The number of rotatable bonds is 2. The van der Waals surface area contributed by atoms with Crippen LogP contribution in [0.3, 0.4) is 0 Å². The number of hydrogen-bond acceptors (Lipinski definition) is 7. The summed E-state index contributed by atoms with van der Waals surface area (Å²) in [4.78, 5) is 35.1. The second-order valence-electron chi connectivity index (χ2n) is 6.09. The van der Waals surface area contributed by atoms with E-state index in [1.54, 1.807) is 6.92 Å². The average molecular weight is 298 g/mol. The topological polar surface area (TPSA) is 88.1 Å². The quantitative estimate of drug-likeness (QED) is 0.700. The van der Waals surface area contributed by atoms with E-state index in [2.05, 4.69) is 0 Å². The molecule has 1 unspecified atom stereocenters. The van der Waals surface area contributed by atoms with E-state index in [0.717, 1.165) is 0 Å². The lowest BCUT2D eigenvalue weighted by Gasteiger charge is -2.61. The van der Waals surface area contributed by atoms with Gasteiger partial charge in [-0.1, -0.05) is 6.92 Å². The van der Waals surface area contributed by atoms with Crippen molar-refractivity contribution in [3.05, 3.63) is 0 Å². The van der Waals surface area contributed by atoms with Gasteiger partial charge in [-0.05, 0) is 0 Å². The fourth-order valence-corrected chi connectivity index (χ4v) is 3.82. The lowest BCUT2D eigenvalue weighted by Crippen LogP contribution is -2.72. The van der Waals surface area contributed by atoms with Gasteiger partial charge in [0.15, 0.2) is 6.29 Å². The zero-order chi connectivity index (χ0) is 15.4. The molecule has 0 spiro atoms. The number of carbonyl (C=O) groups is 3. The van der Waals surface area contributed by atoms with Crippen LogP contribution >= 0.6 is 0 Å². The molecule has 5 atom stereocenters. The minimum Gasteiger partial charge on any atom is -0.435 e. The van der Waals surface area contributed by atoms with Crippen LogP contribution in [0, 0.1) is 11.3 Å². The Hall–Kier alpha value is -1.47. The molecule has 0 aromatic rings. The van der Waals surface area contributed by atoms with E-state index in [1.807, 2.05) is 0 Å². The highest BCUT2D eigenvalue weighted by molar-refractivity contribution is 5.86. The number of ether oxygens (including phenoxy) is 4. The lowest BCUT2D eigenvalue weighted by atomic mass is 9.58. The second-order valence-corrected chi connectivity index (χ2v) is 6.09. The summed E-state index contributed by atoms with van der Waals surface area (Å²) in [7, 11) is 0. The Morgan fingerprint density at radius 2 is 2.00 bits per heavy atom. The molecule has 21 heavy (non-hydrogen) atoms. The first kappa shape index (κ1) is 14.5. The van der Waals surface area contributed by atoms with Crippen molar-refractivity contribution < 1.29 is 33.3 Å². The van der Waals surface area contributed by atoms with Gasteiger partial charge in [0.05, 0.1) is 5.92 Å². The Bertz CT molecular complexity index is 515. The van der Waals surface area contributed by atoms with Crippen molar-refractivity contribution in [1.29, 1.82) is 0 Å². The Labute approximate surface area is 121 Å². The molecule has 1 aliphatic carbocycles. The third-order valence-corrected chi connectivity index (χ3v) is 4.58. The van der Waals surface area contributed by atoms with E-state index >= 15 is 0 Å². The first-order valence-corrected chi connectivity index (χ1v) is 7.00. The van der Waals surface area contributed by atoms with E-state index in [0.29, 0.717) is 6.42 Å². The van der Waals surface area contributed by atoms with Crippen LogP contribution in [0.2, 0.25) is 0 Å². The number of esters is 2. The summed E-state index contributed by atoms with van der Waals surface area (Å²) in [6.45, 7) is 4.35. The Balaban J connectivity index is 2.03. The smallest absolute Gasteiger partial charge is 0.305 e. The highest BCUT2D eigenvalue weighted by Gasteiger charge is 2.71. The summed E-state index contributed by atoms with van der Waals surface area (Å²) in [5.41, 5.74) is -0.783. The van der Waals surface area contributed by atoms with Crippen molar-refractivity contribution in [1.82, 2.24) is 0 Å². The van der Waals surface area contributed by atoms with Gasteiger partial charge in [-0.3, -0.25) is 14.4 Å². The van der Waals surface area contributed by atoms with Crippen LogP contribution in [0.25, 0.3) is 0 Å². The molecule has 3 heterocycles. The number of Topliss-reactive ketones (excluding diaryl/α,β-unsaturated/α-hetero) is 1. The number of ketones is 1. The van der Waals surface area contributed by atoms with Crippen LogP contribution in [0.4, 0.5) is 0 Å². The first-order valence-electron chi connectivity index (χ1n) is 7.00. The largest absolute Gasteiger partial charge is 0.435 e. The molecule has 7 nitrogen and oxygen atoms in total. The van der Waals surface area contributed by atoms with Gasteiger partial charge in [0.1, 0.15) is 5.78 Å². The molecule has 4 bridgehead atoms. The van der Waals surface area contributed by atoms with E-state index in [1.165, 1.54) is 13.8 Å². The van der Waals surface area contributed by atoms with Crippen molar-refractivity contribution in [3.8, 4) is 0 Å². The molecule has 0 N–H and O–H groups in total. The molecule has 116 valence electrons. The first-order chi connectivity index (χ1) is 9.77. The Morgan fingerprint density at radius 3 is 2.62 bits per heavy atom. The van der Waals surface area contributed by atoms with Crippen LogP contribution in [-0.4, -0.2) is 36.1 Å². The molecular weight excluding hydrogens is 280 g/mol. The van der Waals surface area contributed by atoms with Crippen molar-refractivity contribution in [3.63, 3.8) is 0 Å². The minimum atomic E-state index is -1.25. The van der Waals surface area contributed by atoms with Gasteiger partial charge < -0.3 is 18.9 Å². The highest BCUT2D eigenvalue weighted by Crippen LogP contribution is 2.59. The Kier molecular flexibility index (Phi) is 3.11. The predicted octanol–water partition coefficient (Wildman–Crippen LogP) is 0.897. The lowest BCUT2D eigenvalue weighted by molar-refractivity contribution is -0.458. The predicted molar refractivity (Wildman–Crippen MR) is 66.5 cm³/mol. The zero-order valence-electron chi connectivity index (χ0n) is 12.2. The van der Waals surface area contributed by atoms with Crippen LogP contribution < -0.4 is 0 Å². The van der Waals surface area contributed by atoms with E-state index in [-0.39, 0.29) is 18.6 Å². The second kappa shape index (κ2) is 4.51. The molecule has 0 amide bonds. The highest BCUT2D eigenvalue weighted by atomic mass is 16.8. The molecule has 7 heteroatoms. The molecule has 0 aromatic carbocycles. The maximum atomic E-state index is 12.4. The third-order valence-electron chi connectivity index (χ3n) is 4.58. The monoisotopic (exact) mass is 298 g/mol. The van der Waals surface area contributed by atoms with Gasteiger partial charge >= 0.3 is 11.9 Å². The van der Waals surface area contributed by atoms with Gasteiger partial charge in [0.2, 0.25) is 12.1 Å². The molecule has 4 fully saturated rings. The summed E-state index contributed by atoms with van der Waals surface area (Å²) in [6, 6.07) is 0. The fourth-order valence-electron chi connectivity index (χ4n) is 3.82. The fraction of sp³-hybridized carbons (Fsp3) is 0.786. The van der Waals surface area contributed by atoms with Gasteiger partial charge in [0.25, 0.3) is 0 Å². The van der Waals surface area contributed by atoms with Crippen LogP contribution in [0.5, 0.6) is 0 Å². The zero-order valence-corrected chi connectivity index (χ0v) is 12.2. The summed E-state index contributed by atoms with van der Waals surface area (Å²) in [5, 5.41) is 0. The summed E-state index contributed by atoms with van der Waals surface area (Å²) in [6.07, 6.45) is -0.781. The van der Waals surface area contributed by atoms with Gasteiger partial charge in [0, 0.05) is 38.5 Å². The molecule has 0 radical (unpaired) electrons. The Morgan fingerprint density at radius 1 is 1.29 bits per heavy atom. The van der Waals surface area contributed by atoms with Crippen molar-refractivity contribution in [2.24, 2.45) is 11.3 Å². The standard InChI is InChI=1S/C14H18O7/c1-7(15)18-12-11-13(3)6-10(19-12)21-14(11,20-8(2)16)5-4-9(13)17/h10-12H,4-6H2,1-3H3/t10-,11?,12-,13-,14+/m1/s1. The van der Waals surface area contributed by atoms with E-state index in [9.17, 15) is 14.4 Å². The number of carbonyl (C=O) groups excluding carboxylic acids is 3. The van der Waals surface area contributed by atoms with Gasteiger partial charge in [-0.15, -0.1) is 0 Å².